The summed E-state index contributed by atoms with van der Waals surface area (Å²) < 4.78 is 0. The molecule has 0 aliphatic heterocycles. The average molecular weight is 366 g/mol. The van der Waals surface area contributed by atoms with Crippen molar-refractivity contribution in [1.82, 2.24) is 15.2 Å². The predicted molar refractivity (Wildman–Crippen MR) is 110 cm³/mol. The molecule has 1 aliphatic rings. The van der Waals surface area contributed by atoms with Gasteiger partial charge in [-0.15, -0.1) is 0 Å². The minimum Gasteiger partial charge on any atom is -0.256 e. The Morgan fingerprint density at radius 3 is 2.64 bits per heavy atom. The number of aromatic nitrogens is 3. The van der Waals surface area contributed by atoms with Crippen molar-refractivity contribution in [2.75, 3.05) is 0 Å². The third-order valence-electron chi connectivity index (χ3n) is 5.83. The van der Waals surface area contributed by atoms with Gasteiger partial charge in [-0.05, 0) is 47.6 Å². The van der Waals surface area contributed by atoms with E-state index in [2.05, 4.69) is 47.3 Å². The second-order valence-corrected chi connectivity index (χ2v) is 7.52. The summed E-state index contributed by atoms with van der Waals surface area (Å²) in [6, 6.07) is 13.9. The van der Waals surface area contributed by atoms with Crippen molar-refractivity contribution >= 4 is 6.08 Å². The zero-order valence-electron chi connectivity index (χ0n) is 16.1. The molecule has 1 aliphatic carbocycles. The van der Waals surface area contributed by atoms with Crippen LogP contribution >= 0.6 is 0 Å². The molecule has 0 saturated heterocycles. The van der Waals surface area contributed by atoms with Crippen LogP contribution in [-0.4, -0.2) is 15.2 Å². The molecular weight excluding hydrogens is 344 g/mol. The van der Waals surface area contributed by atoms with Crippen molar-refractivity contribution in [3.8, 4) is 17.2 Å². The van der Waals surface area contributed by atoms with Crippen molar-refractivity contribution < 1.29 is 0 Å². The minimum atomic E-state index is 0.315. The fourth-order valence-corrected chi connectivity index (χ4v) is 3.97. The molecule has 3 atom stereocenters. The van der Waals surface area contributed by atoms with Crippen LogP contribution in [0.2, 0.25) is 0 Å². The highest BCUT2D eigenvalue weighted by Gasteiger charge is 2.30. The maximum Gasteiger partial charge on any atom is 0.0998 e. The van der Waals surface area contributed by atoms with Crippen LogP contribution < -0.4 is 0 Å². The SMILES string of the molecule is C[C@H]1Cc2cnncc2C(/C=C/c2ccc(-c3ccccc3C#N)cn2)[C@@H]1C. The van der Waals surface area contributed by atoms with Gasteiger partial charge in [0.15, 0.2) is 0 Å². The lowest BCUT2D eigenvalue weighted by molar-refractivity contribution is 0.330. The first-order chi connectivity index (χ1) is 13.7. The Kier molecular flexibility index (Phi) is 4.99. The number of nitrogens with zero attached hydrogens (tertiary/aromatic N) is 4. The Morgan fingerprint density at radius 1 is 1.04 bits per heavy atom. The molecule has 0 bridgehead atoms. The van der Waals surface area contributed by atoms with Gasteiger partial charge in [0.25, 0.3) is 0 Å². The van der Waals surface area contributed by atoms with Gasteiger partial charge in [0.05, 0.1) is 29.7 Å². The van der Waals surface area contributed by atoms with Gasteiger partial charge in [-0.2, -0.15) is 15.5 Å². The molecule has 3 aromatic rings. The topological polar surface area (TPSA) is 62.5 Å². The predicted octanol–water partition coefficient (Wildman–Crippen LogP) is 5.04. The third-order valence-corrected chi connectivity index (χ3v) is 5.83. The Morgan fingerprint density at radius 2 is 1.86 bits per heavy atom. The number of nitriles is 1. The molecule has 1 unspecified atom stereocenters. The maximum absolute atomic E-state index is 9.30. The van der Waals surface area contributed by atoms with Gasteiger partial charge in [-0.25, -0.2) is 0 Å². The van der Waals surface area contributed by atoms with E-state index < -0.39 is 0 Å². The lowest BCUT2D eigenvalue weighted by atomic mass is 9.71. The van der Waals surface area contributed by atoms with Gasteiger partial charge >= 0.3 is 0 Å². The standard InChI is InChI=1S/C24H22N4/c1-16-11-20-14-27-28-15-24(20)22(17(16)2)10-9-21-8-7-19(13-26-21)23-6-4-3-5-18(23)12-25/h3-10,13-17,22H,11H2,1-2H3/b10-9+/t16-,17+,22?/m0/s1. The molecule has 0 N–H and O–H groups in total. The molecule has 0 fully saturated rings. The van der Waals surface area contributed by atoms with E-state index in [0.29, 0.717) is 23.3 Å². The van der Waals surface area contributed by atoms with E-state index >= 15 is 0 Å². The summed E-state index contributed by atoms with van der Waals surface area (Å²) in [5, 5.41) is 17.4. The number of allylic oxidation sites excluding steroid dienone is 1. The second kappa shape index (κ2) is 7.74. The monoisotopic (exact) mass is 366 g/mol. The van der Waals surface area contributed by atoms with Crippen LogP contribution in [0.4, 0.5) is 0 Å². The van der Waals surface area contributed by atoms with Crippen LogP contribution in [0.3, 0.4) is 0 Å². The first-order valence-corrected chi connectivity index (χ1v) is 9.60. The Balaban J connectivity index is 1.60. The van der Waals surface area contributed by atoms with Crippen molar-refractivity contribution in [3.05, 3.63) is 83.4 Å². The van der Waals surface area contributed by atoms with Crippen LogP contribution in [0.25, 0.3) is 17.2 Å². The number of rotatable bonds is 3. The summed E-state index contributed by atoms with van der Waals surface area (Å²) in [7, 11) is 0. The lowest BCUT2D eigenvalue weighted by Crippen LogP contribution is -2.25. The highest BCUT2D eigenvalue weighted by molar-refractivity contribution is 5.70. The molecule has 0 saturated carbocycles. The molecule has 4 heteroatoms. The highest BCUT2D eigenvalue weighted by atomic mass is 15.1. The maximum atomic E-state index is 9.30. The van der Waals surface area contributed by atoms with Gasteiger partial charge in [0.2, 0.25) is 0 Å². The first kappa shape index (κ1) is 18.1. The zero-order chi connectivity index (χ0) is 19.5. The van der Waals surface area contributed by atoms with E-state index in [9.17, 15) is 5.26 Å². The van der Waals surface area contributed by atoms with E-state index in [1.807, 2.05) is 55.0 Å². The fraction of sp³-hybridized carbons (Fsp3) is 0.250. The Labute approximate surface area is 165 Å². The van der Waals surface area contributed by atoms with Crippen LogP contribution in [0, 0.1) is 23.2 Å². The molecule has 28 heavy (non-hydrogen) atoms. The van der Waals surface area contributed by atoms with Crippen LogP contribution in [0.5, 0.6) is 0 Å². The summed E-state index contributed by atoms with van der Waals surface area (Å²) in [4.78, 5) is 4.59. The second-order valence-electron chi connectivity index (χ2n) is 7.52. The van der Waals surface area contributed by atoms with Crippen LogP contribution in [0.1, 0.15) is 42.1 Å². The van der Waals surface area contributed by atoms with Gasteiger partial charge in [-0.3, -0.25) is 4.98 Å². The number of benzene rings is 1. The third kappa shape index (κ3) is 3.44. The van der Waals surface area contributed by atoms with Crippen LogP contribution in [0.15, 0.2) is 61.1 Å². The van der Waals surface area contributed by atoms with E-state index in [1.54, 1.807) is 0 Å². The number of fused-ring (bicyclic) bond motifs is 1. The summed E-state index contributed by atoms with van der Waals surface area (Å²) in [6.07, 6.45) is 11.0. The van der Waals surface area contributed by atoms with Crippen molar-refractivity contribution in [3.63, 3.8) is 0 Å². The molecule has 2 heterocycles. The molecular formula is C24H22N4. The van der Waals surface area contributed by atoms with Gasteiger partial charge in [0.1, 0.15) is 0 Å². The fourth-order valence-electron chi connectivity index (χ4n) is 3.97. The molecule has 4 rings (SSSR count). The quantitative estimate of drug-likeness (QED) is 0.652. The van der Waals surface area contributed by atoms with Crippen molar-refractivity contribution in [1.29, 1.82) is 5.26 Å². The van der Waals surface area contributed by atoms with E-state index in [4.69, 9.17) is 0 Å². The smallest absolute Gasteiger partial charge is 0.0998 e. The average Bonchev–Trinajstić information content (AvgIpc) is 2.74. The lowest BCUT2D eigenvalue weighted by Gasteiger charge is -2.33. The zero-order valence-corrected chi connectivity index (χ0v) is 16.1. The number of hydrogen-bond acceptors (Lipinski definition) is 4. The highest BCUT2D eigenvalue weighted by Crippen LogP contribution is 2.39. The minimum absolute atomic E-state index is 0.315. The molecule has 0 spiro atoms. The summed E-state index contributed by atoms with van der Waals surface area (Å²) in [5.41, 5.74) is 6.01. The molecule has 0 radical (unpaired) electrons. The molecule has 4 nitrogen and oxygen atoms in total. The summed E-state index contributed by atoms with van der Waals surface area (Å²) in [5.74, 6) is 1.45. The van der Waals surface area contributed by atoms with Crippen LogP contribution in [-0.2, 0) is 6.42 Å². The molecule has 138 valence electrons. The van der Waals surface area contributed by atoms with Gasteiger partial charge in [0, 0.05) is 23.2 Å². The Hall–Kier alpha value is -3.32. The summed E-state index contributed by atoms with van der Waals surface area (Å²) in [6.45, 7) is 4.60. The number of pyridine rings is 1. The molecule has 1 aromatic carbocycles. The summed E-state index contributed by atoms with van der Waals surface area (Å²) >= 11 is 0. The van der Waals surface area contributed by atoms with Gasteiger partial charge in [-0.1, -0.05) is 44.2 Å². The van der Waals surface area contributed by atoms with Crippen molar-refractivity contribution in [2.24, 2.45) is 11.8 Å². The molecule has 2 aromatic heterocycles. The first-order valence-electron chi connectivity index (χ1n) is 9.60. The van der Waals surface area contributed by atoms with Crippen molar-refractivity contribution in [2.45, 2.75) is 26.2 Å². The normalized spacial score (nSPS) is 21.2. The van der Waals surface area contributed by atoms with E-state index in [-0.39, 0.29) is 0 Å². The van der Waals surface area contributed by atoms with Gasteiger partial charge < -0.3 is 0 Å². The number of hydrogen-bond donors (Lipinski definition) is 0. The van der Waals surface area contributed by atoms with E-state index in [0.717, 1.165) is 23.2 Å². The van der Waals surface area contributed by atoms with E-state index in [1.165, 1.54) is 11.1 Å². The Bertz CT molecular complexity index is 1050. The molecule has 0 amide bonds. The largest absolute Gasteiger partial charge is 0.256 e.